The quantitative estimate of drug-likeness (QED) is 0.829. The Labute approximate surface area is 138 Å². The van der Waals surface area contributed by atoms with Crippen LogP contribution in [0, 0.1) is 17.1 Å². The molecule has 24 heavy (non-hydrogen) atoms. The summed E-state index contributed by atoms with van der Waals surface area (Å²) in [5, 5.41) is 18.2. The molecule has 0 radical (unpaired) electrons. The molecule has 0 spiro atoms. The highest BCUT2D eigenvalue weighted by atomic mass is 32.2. The zero-order valence-corrected chi connectivity index (χ0v) is 13.1. The van der Waals surface area contributed by atoms with Crippen LogP contribution in [0.3, 0.4) is 0 Å². The molecule has 6 nitrogen and oxygen atoms in total. The Bertz CT molecular complexity index is 889. The highest BCUT2D eigenvalue weighted by Gasteiger charge is 2.26. The average Bonchev–Trinajstić information content (AvgIpc) is 2.53. The van der Waals surface area contributed by atoms with E-state index in [1.165, 1.54) is 24.3 Å². The Kier molecular flexibility index (Phi) is 5.28. The van der Waals surface area contributed by atoms with Gasteiger partial charge in [-0.1, -0.05) is 30.3 Å². The topological polar surface area (TPSA) is 107 Å². The first-order chi connectivity index (χ1) is 11.3. The van der Waals surface area contributed by atoms with Crippen LogP contribution in [-0.2, 0) is 20.6 Å². The van der Waals surface area contributed by atoms with Crippen LogP contribution in [0.1, 0.15) is 22.7 Å². The molecular weight excluding hydrogens is 335 g/mol. The summed E-state index contributed by atoms with van der Waals surface area (Å²) in [4.78, 5) is 11.4. The largest absolute Gasteiger partial charge is 0.480 e. The minimum atomic E-state index is -4.05. The van der Waals surface area contributed by atoms with Crippen LogP contribution < -0.4 is 4.72 Å². The maximum absolute atomic E-state index is 12.9. The lowest BCUT2D eigenvalue weighted by molar-refractivity contribution is -0.139. The molecular formula is C16H13FN2O4S. The number of aliphatic carboxylic acids is 1. The van der Waals surface area contributed by atoms with Crippen LogP contribution in [0.5, 0.6) is 0 Å². The highest BCUT2D eigenvalue weighted by Crippen LogP contribution is 2.18. The minimum absolute atomic E-state index is 0.0982. The van der Waals surface area contributed by atoms with E-state index in [1.54, 1.807) is 12.1 Å². The van der Waals surface area contributed by atoms with Crippen molar-refractivity contribution < 1.29 is 22.7 Å². The van der Waals surface area contributed by atoms with Crippen LogP contribution in [-0.4, -0.2) is 19.5 Å². The summed E-state index contributed by atoms with van der Waals surface area (Å²) in [5.41, 5.74) is 0.549. The second kappa shape index (κ2) is 7.21. The number of hydrogen-bond acceptors (Lipinski definition) is 4. The second-order valence-corrected chi connectivity index (χ2v) is 6.72. The number of hydrogen-bond donors (Lipinski definition) is 2. The van der Waals surface area contributed by atoms with E-state index in [2.05, 4.69) is 4.72 Å². The van der Waals surface area contributed by atoms with Gasteiger partial charge in [0, 0.05) is 0 Å². The molecule has 0 heterocycles. The fraction of sp³-hybridized carbons (Fsp3) is 0.125. The van der Waals surface area contributed by atoms with E-state index < -0.39 is 33.6 Å². The van der Waals surface area contributed by atoms with Gasteiger partial charge in [0.25, 0.3) is 0 Å². The number of halogens is 1. The molecule has 2 rings (SSSR count). The van der Waals surface area contributed by atoms with Crippen LogP contribution in [0.25, 0.3) is 0 Å². The van der Waals surface area contributed by atoms with Crippen molar-refractivity contribution in [1.82, 2.24) is 4.72 Å². The molecule has 0 aromatic heterocycles. The standard InChI is InChI=1S/C16H13FN2O4S/c17-14-7-5-11(6-8-14)15(16(20)21)19-24(22,23)10-13-4-2-1-3-12(13)9-18/h1-8,15,19H,10H2,(H,20,21)/t15-/m0/s1. The number of nitrogens with zero attached hydrogens (tertiary/aromatic N) is 1. The Balaban J connectivity index is 2.26. The Hall–Kier alpha value is -2.76. The lowest BCUT2D eigenvalue weighted by Gasteiger charge is -2.15. The number of nitriles is 1. The lowest BCUT2D eigenvalue weighted by atomic mass is 10.1. The summed E-state index contributed by atoms with van der Waals surface area (Å²) in [6.07, 6.45) is 0. The first-order valence-corrected chi connectivity index (χ1v) is 8.44. The molecule has 0 saturated carbocycles. The van der Waals surface area contributed by atoms with Crippen molar-refractivity contribution >= 4 is 16.0 Å². The molecule has 0 aliphatic rings. The first-order valence-electron chi connectivity index (χ1n) is 6.78. The van der Waals surface area contributed by atoms with Gasteiger partial charge in [0.2, 0.25) is 10.0 Å². The molecule has 124 valence electrons. The van der Waals surface area contributed by atoms with Gasteiger partial charge in [-0.25, -0.2) is 12.8 Å². The molecule has 2 aromatic rings. The molecule has 0 aliphatic carbocycles. The van der Waals surface area contributed by atoms with E-state index in [-0.39, 0.29) is 16.7 Å². The van der Waals surface area contributed by atoms with E-state index in [1.807, 2.05) is 6.07 Å². The maximum Gasteiger partial charge on any atom is 0.326 e. The molecule has 0 bridgehead atoms. The number of carboxylic acids is 1. The molecule has 0 saturated heterocycles. The predicted molar refractivity (Wildman–Crippen MR) is 83.7 cm³/mol. The van der Waals surface area contributed by atoms with Crippen LogP contribution >= 0.6 is 0 Å². The molecule has 2 aromatic carbocycles. The monoisotopic (exact) mass is 348 g/mol. The number of nitrogens with one attached hydrogen (secondary N) is 1. The predicted octanol–water partition coefficient (Wildman–Crippen LogP) is 1.94. The summed E-state index contributed by atoms with van der Waals surface area (Å²) in [6.45, 7) is 0. The van der Waals surface area contributed by atoms with Crippen LogP contribution in [0.2, 0.25) is 0 Å². The third kappa shape index (κ3) is 4.38. The molecule has 8 heteroatoms. The normalized spacial score (nSPS) is 12.3. The van der Waals surface area contributed by atoms with E-state index >= 15 is 0 Å². The van der Waals surface area contributed by atoms with Gasteiger partial charge in [-0.3, -0.25) is 4.79 Å². The first kappa shape index (κ1) is 17.6. The van der Waals surface area contributed by atoms with Gasteiger partial charge in [0.05, 0.1) is 17.4 Å². The molecule has 0 fully saturated rings. The number of benzene rings is 2. The highest BCUT2D eigenvalue weighted by molar-refractivity contribution is 7.88. The third-order valence-corrected chi connectivity index (χ3v) is 4.52. The van der Waals surface area contributed by atoms with E-state index in [4.69, 9.17) is 5.26 Å². The Morgan fingerprint density at radius 3 is 2.42 bits per heavy atom. The smallest absolute Gasteiger partial charge is 0.326 e. The third-order valence-electron chi connectivity index (χ3n) is 3.23. The summed E-state index contributed by atoms with van der Waals surface area (Å²) in [7, 11) is -4.05. The van der Waals surface area contributed by atoms with E-state index in [0.29, 0.717) is 0 Å². The fourth-order valence-corrected chi connectivity index (χ4v) is 3.44. The van der Waals surface area contributed by atoms with Crippen molar-refractivity contribution in [3.8, 4) is 6.07 Å². The van der Waals surface area contributed by atoms with Gasteiger partial charge in [-0.05, 0) is 29.3 Å². The van der Waals surface area contributed by atoms with Gasteiger partial charge in [-0.2, -0.15) is 9.98 Å². The summed E-state index contributed by atoms with van der Waals surface area (Å²) in [6, 6.07) is 10.9. The molecule has 0 amide bonds. The van der Waals surface area contributed by atoms with Gasteiger partial charge < -0.3 is 5.11 Å². The number of sulfonamides is 1. The number of rotatable bonds is 6. The SMILES string of the molecule is N#Cc1ccccc1CS(=O)(=O)N[C@H](C(=O)O)c1ccc(F)cc1. The molecule has 0 aliphatic heterocycles. The molecule has 1 atom stereocenters. The average molecular weight is 348 g/mol. The van der Waals surface area contributed by atoms with Crippen LogP contribution in [0.4, 0.5) is 4.39 Å². The van der Waals surface area contributed by atoms with Crippen molar-refractivity contribution in [1.29, 1.82) is 5.26 Å². The van der Waals surface area contributed by atoms with Crippen molar-refractivity contribution in [3.63, 3.8) is 0 Å². The van der Waals surface area contributed by atoms with E-state index in [9.17, 15) is 22.7 Å². The molecule has 2 N–H and O–H groups in total. The number of carbonyl (C=O) groups is 1. The van der Waals surface area contributed by atoms with E-state index in [0.717, 1.165) is 12.1 Å². The summed E-state index contributed by atoms with van der Waals surface area (Å²) in [5.74, 6) is -2.52. The van der Waals surface area contributed by atoms with Crippen molar-refractivity contribution in [2.24, 2.45) is 0 Å². The molecule has 0 unspecified atom stereocenters. The van der Waals surface area contributed by atoms with Gasteiger partial charge >= 0.3 is 5.97 Å². The Morgan fingerprint density at radius 1 is 1.21 bits per heavy atom. The van der Waals surface area contributed by atoms with Crippen LogP contribution in [0.15, 0.2) is 48.5 Å². The summed E-state index contributed by atoms with van der Waals surface area (Å²) >= 11 is 0. The van der Waals surface area contributed by atoms with Crippen molar-refractivity contribution in [3.05, 3.63) is 71.0 Å². The van der Waals surface area contributed by atoms with Crippen molar-refractivity contribution in [2.75, 3.05) is 0 Å². The fourth-order valence-electron chi connectivity index (χ4n) is 2.10. The number of carboxylic acid groups (broad SMARTS) is 1. The van der Waals surface area contributed by atoms with Gasteiger partial charge in [0.15, 0.2) is 0 Å². The minimum Gasteiger partial charge on any atom is -0.480 e. The summed E-state index contributed by atoms with van der Waals surface area (Å²) < 4.78 is 39.5. The second-order valence-electron chi connectivity index (χ2n) is 4.97. The van der Waals surface area contributed by atoms with Crippen molar-refractivity contribution in [2.45, 2.75) is 11.8 Å². The Morgan fingerprint density at radius 2 is 1.83 bits per heavy atom. The van der Waals surface area contributed by atoms with Gasteiger partial charge in [0.1, 0.15) is 11.9 Å². The lowest BCUT2D eigenvalue weighted by Crippen LogP contribution is -2.34. The van der Waals surface area contributed by atoms with Gasteiger partial charge in [-0.15, -0.1) is 0 Å². The maximum atomic E-state index is 12.9. The zero-order chi connectivity index (χ0) is 17.7. The zero-order valence-electron chi connectivity index (χ0n) is 12.3.